The number of nitrogens with two attached hydrogens (primary N) is 1. The Balaban J connectivity index is 1.28. The number of nitrogen functional groups attached to an aromatic ring is 1. The van der Waals surface area contributed by atoms with Crippen LogP contribution in [0, 0.1) is 25.5 Å². The normalized spacial score (nSPS) is 16.7. The number of amides is 3. The van der Waals surface area contributed by atoms with E-state index in [0.29, 0.717) is 34.0 Å². The lowest BCUT2D eigenvalue weighted by atomic mass is 10.0. The fraction of sp³-hybridized carbons (Fsp3) is 0.167. The van der Waals surface area contributed by atoms with E-state index in [1.807, 2.05) is 0 Å². The maximum atomic E-state index is 14.0. The second kappa shape index (κ2) is 10.4. The largest absolute Gasteiger partial charge is 0.433 e. The topological polar surface area (TPSA) is 148 Å². The van der Waals surface area contributed by atoms with Crippen molar-refractivity contribution in [3.05, 3.63) is 88.9 Å². The molecule has 16 heteroatoms. The highest BCUT2D eigenvalue weighted by atomic mass is 19.4. The van der Waals surface area contributed by atoms with Gasteiger partial charge in [0.2, 0.25) is 23.0 Å². The molecule has 1 saturated heterocycles. The maximum absolute atomic E-state index is 14.0. The third kappa shape index (κ3) is 4.69. The minimum Gasteiger partial charge on any atom is -0.433 e. The molecule has 3 amide bonds. The van der Waals surface area contributed by atoms with Gasteiger partial charge in [-0.15, -0.1) is 0 Å². The van der Waals surface area contributed by atoms with Crippen LogP contribution >= 0.6 is 0 Å². The summed E-state index contributed by atoms with van der Waals surface area (Å²) in [7, 11) is 0. The number of aromatic amines is 1. The van der Waals surface area contributed by atoms with Crippen LogP contribution in [0.25, 0.3) is 16.6 Å². The zero-order valence-electron chi connectivity index (χ0n) is 24.1. The number of fused-ring (bicyclic) bond motifs is 1. The van der Waals surface area contributed by atoms with Crippen LogP contribution in [0.2, 0.25) is 0 Å². The second-order valence-electron chi connectivity index (χ2n) is 10.7. The van der Waals surface area contributed by atoms with Crippen molar-refractivity contribution >= 4 is 40.1 Å². The molecule has 1 atom stereocenters. The van der Waals surface area contributed by atoms with Gasteiger partial charge in [-0.1, -0.05) is 6.07 Å². The SMILES string of the molecule is Cc1cc2cc(C(=O)c3cnn(-c4cnc(Oc5c(F)cccc5F)cc4C)c3N)[nH]c2cc1N1C(=O)NC(C)(C(F)(F)F)C1=O. The van der Waals surface area contributed by atoms with Crippen LogP contribution in [-0.4, -0.2) is 49.2 Å². The molecule has 11 nitrogen and oxygen atoms in total. The van der Waals surface area contributed by atoms with Crippen LogP contribution in [0.5, 0.6) is 11.6 Å². The first kappa shape index (κ1) is 30.2. The summed E-state index contributed by atoms with van der Waals surface area (Å²) in [5.74, 6) is -4.68. The summed E-state index contributed by atoms with van der Waals surface area (Å²) in [6.07, 6.45) is -2.51. The predicted molar refractivity (Wildman–Crippen MR) is 154 cm³/mol. The number of rotatable bonds is 6. The number of imide groups is 1. The Morgan fingerprint density at radius 3 is 2.30 bits per heavy atom. The molecule has 0 radical (unpaired) electrons. The zero-order valence-corrected chi connectivity index (χ0v) is 24.1. The number of aryl methyl sites for hydroxylation is 2. The second-order valence-corrected chi connectivity index (χ2v) is 10.7. The number of pyridine rings is 1. The highest BCUT2D eigenvalue weighted by Crippen LogP contribution is 2.39. The number of carbonyl (C=O) groups excluding carboxylic acids is 3. The number of benzene rings is 2. The third-order valence-corrected chi connectivity index (χ3v) is 7.64. The summed E-state index contributed by atoms with van der Waals surface area (Å²) in [5.41, 5.74) is 4.53. The van der Waals surface area contributed by atoms with Gasteiger partial charge in [0, 0.05) is 17.0 Å². The quantitative estimate of drug-likeness (QED) is 0.124. The highest BCUT2D eigenvalue weighted by molar-refractivity contribution is 6.24. The Bertz CT molecular complexity index is 2080. The molecule has 0 bridgehead atoms. The van der Waals surface area contributed by atoms with Gasteiger partial charge < -0.3 is 20.8 Å². The molecule has 4 heterocycles. The van der Waals surface area contributed by atoms with Crippen molar-refractivity contribution in [2.24, 2.45) is 0 Å². The summed E-state index contributed by atoms with van der Waals surface area (Å²) in [4.78, 5) is 46.1. The number of para-hydroxylation sites is 1. The Morgan fingerprint density at radius 1 is 1.00 bits per heavy atom. The molecule has 236 valence electrons. The number of urea groups is 1. The molecule has 4 N–H and O–H groups in total. The standard InChI is InChI=1S/C30H22F5N7O4/c1-13-7-15-9-20(39-19(15)10-21(13)41-27(44)29(3,30(33,34)35)40-28(41)45)24(43)16-11-38-42(26(16)36)22-12-37-23(8-14(22)2)46-25-17(31)5-4-6-18(25)32/h4-12,39H,36H2,1-3H3,(H,40,45). The Kier molecular flexibility index (Phi) is 6.83. The molecule has 1 fully saturated rings. The summed E-state index contributed by atoms with van der Waals surface area (Å²) < 4.78 is 75.3. The van der Waals surface area contributed by atoms with E-state index in [2.05, 4.69) is 15.1 Å². The molecule has 0 spiro atoms. The summed E-state index contributed by atoms with van der Waals surface area (Å²) in [5, 5.41) is 6.39. The number of H-pyrrole nitrogens is 1. The van der Waals surface area contributed by atoms with Crippen LogP contribution in [-0.2, 0) is 4.79 Å². The summed E-state index contributed by atoms with van der Waals surface area (Å²) >= 11 is 0. The van der Waals surface area contributed by atoms with Gasteiger partial charge in [-0.05, 0) is 62.2 Å². The molecule has 1 aliphatic heterocycles. The van der Waals surface area contributed by atoms with Crippen LogP contribution in [0.15, 0.2) is 54.9 Å². The molecule has 6 rings (SSSR count). The Hall–Kier alpha value is -5.80. The van der Waals surface area contributed by atoms with Crippen molar-refractivity contribution in [1.29, 1.82) is 0 Å². The smallest absolute Gasteiger partial charge is 0.420 e. The average Bonchev–Trinajstić information content (AvgIpc) is 3.63. The molecule has 46 heavy (non-hydrogen) atoms. The molecular weight excluding hydrogens is 617 g/mol. The minimum absolute atomic E-state index is 0.00769. The van der Waals surface area contributed by atoms with Gasteiger partial charge in [-0.25, -0.2) is 28.1 Å². The van der Waals surface area contributed by atoms with Crippen LogP contribution < -0.4 is 20.7 Å². The third-order valence-electron chi connectivity index (χ3n) is 7.64. The first-order chi connectivity index (χ1) is 21.6. The van der Waals surface area contributed by atoms with Gasteiger partial charge in [-0.3, -0.25) is 9.59 Å². The number of carbonyl (C=O) groups is 3. The monoisotopic (exact) mass is 639 g/mol. The van der Waals surface area contributed by atoms with Crippen molar-refractivity contribution in [3.8, 4) is 17.3 Å². The van der Waals surface area contributed by atoms with E-state index in [9.17, 15) is 36.3 Å². The van der Waals surface area contributed by atoms with Crippen LogP contribution in [0.3, 0.4) is 0 Å². The molecular formula is C30H22F5N7O4. The fourth-order valence-corrected chi connectivity index (χ4v) is 5.05. The zero-order chi connectivity index (χ0) is 33.3. The fourth-order valence-electron chi connectivity index (χ4n) is 5.05. The number of nitrogens with zero attached hydrogens (tertiary/aromatic N) is 4. The number of ketones is 1. The van der Waals surface area contributed by atoms with Gasteiger partial charge >= 0.3 is 12.2 Å². The minimum atomic E-state index is -5.03. The first-order valence-corrected chi connectivity index (χ1v) is 13.4. The van der Waals surface area contributed by atoms with E-state index >= 15 is 0 Å². The Morgan fingerprint density at radius 2 is 1.67 bits per heavy atom. The van der Waals surface area contributed by atoms with Crippen molar-refractivity contribution in [2.75, 3.05) is 10.6 Å². The van der Waals surface area contributed by atoms with E-state index in [1.54, 1.807) is 12.2 Å². The van der Waals surface area contributed by atoms with Crippen molar-refractivity contribution in [2.45, 2.75) is 32.5 Å². The number of alkyl halides is 3. The van der Waals surface area contributed by atoms with Crippen LogP contribution in [0.1, 0.15) is 34.1 Å². The number of hydrogen-bond donors (Lipinski definition) is 3. The lowest BCUT2D eigenvalue weighted by Gasteiger charge is -2.24. The number of nitrogens with one attached hydrogen (secondary N) is 2. The molecule has 1 unspecified atom stereocenters. The van der Waals surface area contributed by atoms with Crippen LogP contribution in [0.4, 0.5) is 38.3 Å². The summed E-state index contributed by atoms with van der Waals surface area (Å²) in [6, 6.07) is 7.74. The molecule has 0 saturated carbocycles. The Labute approximate surface area is 255 Å². The average molecular weight is 640 g/mol. The predicted octanol–water partition coefficient (Wildman–Crippen LogP) is 5.63. The number of aromatic nitrogens is 4. The lowest BCUT2D eigenvalue weighted by molar-refractivity contribution is -0.187. The number of anilines is 2. The summed E-state index contributed by atoms with van der Waals surface area (Å²) in [6.45, 7) is 3.74. The van der Waals surface area contributed by atoms with E-state index in [-0.39, 0.29) is 34.2 Å². The molecule has 5 aromatic rings. The van der Waals surface area contributed by atoms with E-state index in [1.165, 1.54) is 54.3 Å². The van der Waals surface area contributed by atoms with Gasteiger partial charge in [0.25, 0.3) is 5.91 Å². The number of ether oxygens (including phenoxy) is 1. The van der Waals surface area contributed by atoms with Crippen molar-refractivity contribution < 1.29 is 41.1 Å². The van der Waals surface area contributed by atoms with Crippen molar-refractivity contribution in [3.63, 3.8) is 0 Å². The molecule has 1 aliphatic rings. The highest BCUT2D eigenvalue weighted by Gasteiger charge is 2.64. The van der Waals surface area contributed by atoms with E-state index < -0.39 is 46.8 Å². The van der Waals surface area contributed by atoms with E-state index in [0.717, 1.165) is 12.1 Å². The van der Waals surface area contributed by atoms with Crippen molar-refractivity contribution in [1.82, 2.24) is 25.1 Å². The number of hydrogen-bond acceptors (Lipinski definition) is 7. The molecule has 3 aromatic heterocycles. The van der Waals surface area contributed by atoms with Gasteiger partial charge in [0.05, 0.1) is 35.0 Å². The maximum Gasteiger partial charge on any atom is 0.420 e. The van der Waals surface area contributed by atoms with Gasteiger partial charge in [0.1, 0.15) is 5.82 Å². The number of halogens is 5. The molecule has 2 aromatic carbocycles. The molecule has 0 aliphatic carbocycles. The lowest BCUT2D eigenvalue weighted by Crippen LogP contribution is -2.56. The van der Waals surface area contributed by atoms with Gasteiger partial charge in [-0.2, -0.15) is 18.3 Å². The van der Waals surface area contributed by atoms with E-state index in [4.69, 9.17) is 10.5 Å². The first-order valence-electron chi connectivity index (χ1n) is 13.4. The van der Waals surface area contributed by atoms with Gasteiger partial charge in [0.15, 0.2) is 11.6 Å².